The van der Waals surface area contributed by atoms with E-state index in [1.165, 1.54) is 32.8 Å². The lowest BCUT2D eigenvalue weighted by Crippen LogP contribution is -2.43. The fourth-order valence-electron chi connectivity index (χ4n) is 3.21. The van der Waals surface area contributed by atoms with Crippen molar-refractivity contribution in [3.63, 3.8) is 0 Å². The number of carbonyl (C=O) groups is 1. The van der Waals surface area contributed by atoms with Crippen LogP contribution in [0.4, 0.5) is 0 Å². The van der Waals surface area contributed by atoms with Crippen LogP contribution in [0.5, 0.6) is 0 Å². The second-order valence-electron chi connectivity index (χ2n) is 4.83. The Labute approximate surface area is 91.6 Å². The lowest BCUT2D eigenvalue weighted by Gasteiger charge is -2.34. The maximum atomic E-state index is 11.7. The van der Waals surface area contributed by atoms with Gasteiger partial charge in [-0.1, -0.05) is 25.7 Å². The van der Waals surface area contributed by atoms with Crippen LogP contribution in [-0.4, -0.2) is 26.2 Å². The zero-order chi connectivity index (χ0) is 10.7. The molecular weight excluding hydrogens is 190 g/mol. The smallest absolute Gasteiger partial charge is 0.309 e. The first kappa shape index (κ1) is 10.9. The Bertz CT molecular complexity index is 224. The van der Waals surface area contributed by atoms with Crippen LogP contribution in [0.1, 0.15) is 32.1 Å². The molecule has 1 N–H and O–H groups in total. The molecule has 86 valence electrons. The van der Waals surface area contributed by atoms with Crippen molar-refractivity contribution in [2.45, 2.75) is 32.1 Å². The van der Waals surface area contributed by atoms with Crippen LogP contribution in [-0.2, 0) is 9.53 Å². The highest BCUT2D eigenvalue weighted by Gasteiger charge is 2.37. The summed E-state index contributed by atoms with van der Waals surface area (Å²) < 4.78 is 4.91. The van der Waals surface area contributed by atoms with E-state index in [2.05, 4.69) is 5.32 Å². The van der Waals surface area contributed by atoms with E-state index in [1.54, 1.807) is 0 Å². The van der Waals surface area contributed by atoms with Crippen molar-refractivity contribution in [3.05, 3.63) is 0 Å². The van der Waals surface area contributed by atoms with Crippen LogP contribution >= 0.6 is 0 Å². The summed E-state index contributed by atoms with van der Waals surface area (Å²) in [6, 6.07) is 0. The van der Waals surface area contributed by atoms with E-state index in [1.807, 2.05) is 0 Å². The fourth-order valence-corrected chi connectivity index (χ4v) is 3.21. The van der Waals surface area contributed by atoms with Crippen molar-refractivity contribution < 1.29 is 9.53 Å². The molecule has 3 nitrogen and oxygen atoms in total. The highest BCUT2D eigenvalue weighted by atomic mass is 16.5. The SMILES string of the molecule is COC(=O)C1CCNCC1C1CCCC1. The van der Waals surface area contributed by atoms with E-state index in [-0.39, 0.29) is 11.9 Å². The predicted molar refractivity (Wildman–Crippen MR) is 58.4 cm³/mol. The van der Waals surface area contributed by atoms with E-state index >= 15 is 0 Å². The molecule has 0 radical (unpaired) electrons. The minimum Gasteiger partial charge on any atom is -0.469 e. The molecule has 2 fully saturated rings. The van der Waals surface area contributed by atoms with E-state index < -0.39 is 0 Å². The molecule has 0 aromatic carbocycles. The van der Waals surface area contributed by atoms with Crippen molar-refractivity contribution in [3.8, 4) is 0 Å². The van der Waals surface area contributed by atoms with Crippen LogP contribution in [0.3, 0.4) is 0 Å². The first-order chi connectivity index (χ1) is 7.33. The first-order valence-corrected chi connectivity index (χ1v) is 6.11. The molecule has 1 aliphatic carbocycles. The van der Waals surface area contributed by atoms with Gasteiger partial charge in [0.15, 0.2) is 0 Å². The molecule has 2 unspecified atom stereocenters. The Morgan fingerprint density at radius 1 is 1.27 bits per heavy atom. The summed E-state index contributed by atoms with van der Waals surface area (Å²) in [5.74, 6) is 1.43. The van der Waals surface area contributed by atoms with Crippen molar-refractivity contribution in [2.24, 2.45) is 17.8 Å². The topological polar surface area (TPSA) is 38.3 Å². The second kappa shape index (κ2) is 4.97. The lowest BCUT2D eigenvalue weighted by atomic mass is 9.77. The number of esters is 1. The fraction of sp³-hybridized carbons (Fsp3) is 0.917. The van der Waals surface area contributed by atoms with E-state index in [4.69, 9.17) is 4.74 Å². The second-order valence-corrected chi connectivity index (χ2v) is 4.83. The zero-order valence-electron chi connectivity index (χ0n) is 9.50. The average Bonchev–Trinajstić information content (AvgIpc) is 2.81. The number of methoxy groups -OCH3 is 1. The maximum absolute atomic E-state index is 11.7. The standard InChI is InChI=1S/C12H21NO2/c1-15-12(14)10-6-7-13-8-11(10)9-4-2-3-5-9/h9-11,13H,2-8H2,1H3. The minimum absolute atomic E-state index is 0.00778. The van der Waals surface area contributed by atoms with Gasteiger partial charge in [-0.25, -0.2) is 0 Å². The largest absolute Gasteiger partial charge is 0.469 e. The summed E-state index contributed by atoms with van der Waals surface area (Å²) in [5, 5.41) is 3.41. The van der Waals surface area contributed by atoms with Crippen molar-refractivity contribution in [2.75, 3.05) is 20.2 Å². The van der Waals surface area contributed by atoms with Gasteiger partial charge in [-0.15, -0.1) is 0 Å². The van der Waals surface area contributed by atoms with Gasteiger partial charge in [0, 0.05) is 0 Å². The molecule has 0 bridgehead atoms. The molecule has 2 atom stereocenters. The Kier molecular flexibility index (Phi) is 3.62. The van der Waals surface area contributed by atoms with E-state index in [0.29, 0.717) is 5.92 Å². The summed E-state index contributed by atoms with van der Waals surface area (Å²) >= 11 is 0. The summed E-state index contributed by atoms with van der Waals surface area (Å²) in [7, 11) is 1.51. The van der Waals surface area contributed by atoms with Crippen molar-refractivity contribution >= 4 is 5.97 Å². The summed E-state index contributed by atoms with van der Waals surface area (Å²) in [5.41, 5.74) is 0. The van der Waals surface area contributed by atoms with Crippen LogP contribution in [0, 0.1) is 17.8 Å². The zero-order valence-corrected chi connectivity index (χ0v) is 9.50. The number of hydrogen-bond donors (Lipinski definition) is 1. The lowest BCUT2D eigenvalue weighted by molar-refractivity contribution is -0.149. The Balaban J connectivity index is 2.01. The number of piperidine rings is 1. The highest BCUT2D eigenvalue weighted by molar-refractivity contribution is 5.72. The van der Waals surface area contributed by atoms with Gasteiger partial charge in [0.25, 0.3) is 0 Å². The van der Waals surface area contributed by atoms with Gasteiger partial charge in [0.2, 0.25) is 0 Å². The van der Waals surface area contributed by atoms with Gasteiger partial charge in [-0.2, -0.15) is 0 Å². The molecule has 3 heteroatoms. The average molecular weight is 211 g/mol. The van der Waals surface area contributed by atoms with E-state index in [9.17, 15) is 4.79 Å². The third-order valence-corrected chi connectivity index (χ3v) is 4.04. The molecule has 0 spiro atoms. The van der Waals surface area contributed by atoms with Crippen LogP contribution < -0.4 is 5.32 Å². The van der Waals surface area contributed by atoms with Gasteiger partial charge in [-0.05, 0) is 31.3 Å². The van der Waals surface area contributed by atoms with Crippen molar-refractivity contribution in [1.29, 1.82) is 0 Å². The quantitative estimate of drug-likeness (QED) is 0.705. The van der Waals surface area contributed by atoms with Crippen LogP contribution in [0.2, 0.25) is 0 Å². The summed E-state index contributed by atoms with van der Waals surface area (Å²) in [4.78, 5) is 11.7. The highest BCUT2D eigenvalue weighted by Crippen LogP contribution is 2.37. The molecule has 0 amide bonds. The number of hydrogen-bond acceptors (Lipinski definition) is 3. The van der Waals surface area contributed by atoms with Crippen LogP contribution in [0.25, 0.3) is 0 Å². The Morgan fingerprint density at radius 2 is 2.00 bits per heavy atom. The first-order valence-electron chi connectivity index (χ1n) is 6.11. The molecule has 1 heterocycles. The molecule has 2 aliphatic rings. The van der Waals surface area contributed by atoms with Gasteiger partial charge >= 0.3 is 5.97 Å². The Hall–Kier alpha value is -0.570. The number of rotatable bonds is 2. The molecule has 1 aliphatic heterocycles. The predicted octanol–water partition coefficient (Wildman–Crippen LogP) is 1.58. The number of ether oxygens (including phenoxy) is 1. The van der Waals surface area contributed by atoms with Gasteiger partial charge < -0.3 is 10.1 Å². The molecule has 15 heavy (non-hydrogen) atoms. The van der Waals surface area contributed by atoms with Gasteiger partial charge in [0.1, 0.15) is 0 Å². The molecule has 1 saturated carbocycles. The molecule has 2 rings (SSSR count). The molecule has 0 aromatic heterocycles. The van der Waals surface area contributed by atoms with E-state index in [0.717, 1.165) is 25.4 Å². The Morgan fingerprint density at radius 3 is 2.67 bits per heavy atom. The maximum Gasteiger partial charge on any atom is 0.309 e. The monoisotopic (exact) mass is 211 g/mol. The third kappa shape index (κ3) is 2.33. The summed E-state index contributed by atoms with van der Waals surface area (Å²) in [6.45, 7) is 1.97. The molecular formula is C12H21NO2. The number of carbonyl (C=O) groups excluding carboxylic acids is 1. The minimum atomic E-state index is 0.00778. The van der Waals surface area contributed by atoms with Crippen molar-refractivity contribution in [1.82, 2.24) is 5.32 Å². The van der Waals surface area contributed by atoms with Gasteiger partial charge in [-0.3, -0.25) is 4.79 Å². The normalized spacial score (nSPS) is 32.9. The molecule has 0 aromatic rings. The molecule has 1 saturated heterocycles. The number of nitrogens with one attached hydrogen (secondary N) is 1. The third-order valence-electron chi connectivity index (χ3n) is 4.04. The van der Waals surface area contributed by atoms with Gasteiger partial charge in [0.05, 0.1) is 13.0 Å². The summed E-state index contributed by atoms with van der Waals surface area (Å²) in [6.07, 6.45) is 6.25. The van der Waals surface area contributed by atoms with Crippen LogP contribution in [0.15, 0.2) is 0 Å².